The van der Waals surface area contributed by atoms with Crippen LogP contribution >= 0.6 is 11.6 Å². The maximum absolute atomic E-state index is 13.3. The average Bonchev–Trinajstić information content (AvgIpc) is 2.56. The van der Waals surface area contributed by atoms with Crippen LogP contribution in [0.15, 0.2) is 42.0 Å². The molecule has 0 spiro atoms. The molecule has 0 aliphatic rings. The number of ether oxygens (including phenoxy) is 1. The lowest BCUT2D eigenvalue weighted by Crippen LogP contribution is -2.13. The maximum atomic E-state index is 13.3. The fourth-order valence-electron chi connectivity index (χ4n) is 2.02. The van der Waals surface area contributed by atoms with Crippen molar-refractivity contribution in [3.05, 3.63) is 63.9 Å². The van der Waals surface area contributed by atoms with Crippen LogP contribution in [0, 0.1) is 24.1 Å². The number of rotatable bonds is 4. The molecule has 0 unspecified atom stereocenters. The summed E-state index contributed by atoms with van der Waals surface area (Å²) in [6, 6.07) is 10.9. The van der Waals surface area contributed by atoms with E-state index in [0.29, 0.717) is 27.6 Å². The van der Waals surface area contributed by atoms with Crippen LogP contribution in [0.4, 0.5) is 10.1 Å². The van der Waals surface area contributed by atoms with E-state index >= 15 is 0 Å². The first-order chi connectivity index (χ1) is 11.4. The van der Waals surface area contributed by atoms with Gasteiger partial charge in [0.1, 0.15) is 23.2 Å². The van der Waals surface area contributed by atoms with Crippen molar-refractivity contribution in [2.75, 3.05) is 12.4 Å². The molecule has 0 radical (unpaired) electrons. The van der Waals surface area contributed by atoms with Gasteiger partial charge in [-0.05, 0) is 54.5 Å². The Hall–Kier alpha value is -2.84. The molecule has 2 aromatic carbocycles. The van der Waals surface area contributed by atoms with Crippen molar-refractivity contribution >= 4 is 29.3 Å². The van der Waals surface area contributed by atoms with Crippen LogP contribution in [0.1, 0.15) is 11.1 Å². The van der Waals surface area contributed by atoms with E-state index in [1.165, 1.54) is 31.4 Å². The predicted molar refractivity (Wildman–Crippen MR) is 91.4 cm³/mol. The number of halogens is 2. The highest BCUT2D eigenvalue weighted by Crippen LogP contribution is 2.27. The molecule has 2 rings (SSSR count). The molecular weight excluding hydrogens is 331 g/mol. The Bertz CT molecular complexity index is 857. The van der Waals surface area contributed by atoms with Gasteiger partial charge in [-0.15, -0.1) is 0 Å². The van der Waals surface area contributed by atoms with Crippen LogP contribution in [0.5, 0.6) is 5.75 Å². The lowest BCUT2D eigenvalue weighted by Gasteiger charge is -2.07. The van der Waals surface area contributed by atoms with E-state index in [9.17, 15) is 14.4 Å². The number of amides is 1. The molecule has 0 fully saturated rings. The molecule has 0 saturated heterocycles. The fraction of sp³-hybridized carbons (Fsp3) is 0.111. The molecule has 0 aliphatic heterocycles. The monoisotopic (exact) mass is 344 g/mol. The summed E-state index contributed by atoms with van der Waals surface area (Å²) in [5, 5.41) is 12.1. The van der Waals surface area contributed by atoms with E-state index in [-0.39, 0.29) is 11.4 Å². The normalized spacial score (nSPS) is 10.9. The van der Waals surface area contributed by atoms with Gasteiger partial charge >= 0.3 is 0 Å². The molecule has 0 bridgehead atoms. The van der Waals surface area contributed by atoms with Gasteiger partial charge in [-0.25, -0.2) is 4.39 Å². The number of anilines is 1. The number of hydrogen-bond donors (Lipinski definition) is 1. The van der Waals surface area contributed by atoms with E-state index in [1.54, 1.807) is 25.1 Å². The third kappa shape index (κ3) is 4.12. The molecule has 0 heterocycles. The number of carbonyl (C=O) groups excluding carboxylic acids is 1. The van der Waals surface area contributed by atoms with Gasteiger partial charge in [0.05, 0.1) is 12.1 Å². The van der Waals surface area contributed by atoms with Crippen molar-refractivity contribution in [3.8, 4) is 11.8 Å². The number of benzene rings is 2. The molecule has 1 amide bonds. The molecule has 2 aromatic rings. The van der Waals surface area contributed by atoms with Crippen molar-refractivity contribution in [2.45, 2.75) is 6.92 Å². The highest BCUT2D eigenvalue weighted by atomic mass is 35.5. The Labute approximate surface area is 144 Å². The highest BCUT2D eigenvalue weighted by Gasteiger charge is 2.11. The van der Waals surface area contributed by atoms with E-state index in [0.717, 1.165) is 0 Å². The number of methoxy groups -OCH3 is 1. The molecule has 0 aliphatic carbocycles. The lowest BCUT2D eigenvalue weighted by molar-refractivity contribution is -0.112. The van der Waals surface area contributed by atoms with E-state index < -0.39 is 5.91 Å². The van der Waals surface area contributed by atoms with E-state index in [2.05, 4.69) is 5.32 Å². The molecule has 0 atom stereocenters. The van der Waals surface area contributed by atoms with Gasteiger partial charge in [0.2, 0.25) is 0 Å². The Balaban J connectivity index is 2.22. The summed E-state index contributed by atoms with van der Waals surface area (Å²) in [6.07, 6.45) is 1.40. The van der Waals surface area contributed by atoms with Crippen LogP contribution in [0.3, 0.4) is 0 Å². The molecule has 6 heteroatoms. The van der Waals surface area contributed by atoms with Gasteiger partial charge in [0.25, 0.3) is 5.91 Å². The molecule has 4 nitrogen and oxygen atoms in total. The van der Waals surface area contributed by atoms with Crippen molar-refractivity contribution in [3.63, 3.8) is 0 Å². The summed E-state index contributed by atoms with van der Waals surface area (Å²) in [5.74, 6) is -0.448. The molecule has 24 heavy (non-hydrogen) atoms. The number of hydrogen-bond acceptors (Lipinski definition) is 3. The summed E-state index contributed by atoms with van der Waals surface area (Å²) >= 11 is 6.00. The third-order valence-electron chi connectivity index (χ3n) is 3.27. The second-order valence-electron chi connectivity index (χ2n) is 4.98. The summed E-state index contributed by atoms with van der Waals surface area (Å²) in [4.78, 5) is 12.2. The second kappa shape index (κ2) is 7.62. The number of carbonyl (C=O) groups is 1. The number of aryl methyl sites for hydroxylation is 1. The number of nitrogens with one attached hydrogen (secondary N) is 1. The average molecular weight is 345 g/mol. The van der Waals surface area contributed by atoms with Crippen LogP contribution < -0.4 is 10.1 Å². The van der Waals surface area contributed by atoms with E-state index in [4.69, 9.17) is 16.3 Å². The van der Waals surface area contributed by atoms with Crippen LogP contribution in [-0.2, 0) is 4.79 Å². The zero-order valence-electron chi connectivity index (χ0n) is 13.1. The standard InChI is InChI=1S/C18H14ClFN2O2/c1-11-7-12(3-5-16(11)20)8-13(10-21)18(23)22-14-4-6-17(24-2)15(19)9-14/h3-9H,1-2H3,(H,22,23)/b13-8-. The van der Waals surface area contributed by atoms with Gasteiger partial charge < -0.3 is 10.1 Å². The van der Waals surface area contributed by atoms with Gasteiger partial charge in [0, 0.05) is 5.69 Å². The van der Waals surface area contributed by atoms with Crippen molar-refractivity contribution in [1.82, 2.24) is 0 Å². The van der Waals surface area contributed by atoms with Crippen molar-refractivity contribution in [2.24, 2.45) is 0 Å². The zero-order valence-corrected chi connectivity index (χ0v) is 13.8. The Kier molecular flexibility index (Phi) is 5.56. The third-order valence-corrected chi connectivity index (χ3v) is 3.56. The van der Waals surface area contributed by atoms with Crippen molar-refractivity contribution in [1.29, 1.82) is 5.26 Å². The van der Waals surface area contributed by atoms with Crippen LogP contribution in [-0.4, -0.2) is 13.0 Å². The summed E-state index contributed by atoms with van der Waals surface area (Å²) in [7, 11) is 1.49. The first-order valence-corrected chi connectivity index (χ1v) is 7.35. The Morgan fingerprint density at radius 2 is 2.08 bits per heavy atom. The fourth-order valence-corrected chi connectivity index (χ4v) is 2.27. The first-order valence-electron chi connectivity index (χ1n) is 6.97. The minimum Gasteiger partial charge on any atom is -0.495 e. The summed E-state index contributed by atoms with van der Waals surface area (Å²) < 4.78 is 18.3. The minimum absolute atomic E-state index is 0.104. The lowest BCUT2D eigenvalue weighted by atomic mass is 10.1. The number of nitrogens with zero attached hydrogens (tertiary/aromatic N) is 1. The maximum Gasteiger partial charge on any atom is 0.266 e. The smallest absolute Gasteiger partial charge is 0.266 e. The van der Waals surface area contributed by atoms with Crippen LogP contribution in [0.25, 0.3) is 6.08 Å². The van der Waals surface area contributed by atoms with Gasteiger partial charge in [-0.1, -0.05) is 17.7 Å². The van der Waals surface area contributed by atoms with Gasteiger partial charge in [-0.3, -0.25) is 4.79 Å². The number of nitriles is 1. The van der Waals surface area contributed by atoms with E-state index in [1.807, 2.05) is 6.07 Å². The van der Waals surface area contributed by atoms with Gasteiger partial charge in [-0.2, -0.15) is 5.26 Å². The molecule has 122 valence electrons. The molecule has 0 saturated carbocycles. The minimum atomic E-state index is -0.583. The quantitative estimate of drug-likeness (QED) is 0.662. The van der Waals surface area contributed by atoms with Crippen molar-refractivity contribution < 1.29 is 13.9 Å². The largest absolute Gasteiger partial charge is 0.495 e. The Morgan fingerprint density at radius 1 is 1.33 bits per heavy atom. The van der Waals surface area contributed by atoms with Gasteiger partial charge in [0.15, 0.2) is 0 Å². The highest BCUT2D eigenvalue weighted by molar-refractivity contribution is 6.32. The predicted octanol–water partition coefficient (Wildman–Crippen LogP) is 4.34. The molecular formula is C18H14ClFN2O2. The second-order valence-corrected chi connectivity index (χ2v) is 5.39. The SMILES string of the molecule is COc1ccc(NC(=O)/C(C#N)=C\c2ccc(F)c(C)c2)cc1Cl. The zero-order chi connectivity index (χ0) is 17.7. The summed E-state index contributed by atoms with van der Waals surface area (Å²) in [6.45, 7) is 1.61. The summed E-state index contributed by atoms with van der Waals surface area (Å²) in [5.41, 5.74) is 1.33. The van der Waals surface area contributed by atoms with Crippen LogP contribution in [0.2, 0.25) is 5.02 Å². The molecule has 1 N–H and O–H groups in total. The first kappa shape index (κ1) is 17.5. The molecule has 0 aromatic heterocycles. The Morgan fingerprint density at radius 3 is 2.67 bits per heavy atom. The topological polar surface area (TPSA) is 62.1 Å².